The smallest absolute Gasteiger partial charge is 0.358 e. The SMILES string of the molecule is Cc1nc(C#N)c2c(NC(=O)c3ccccc3)nc(C(=O)OCC(C)C)cn12. The molecule has 0 unspecified atom stereocenters. The van der Waals surface area contributed by atoms with Crippen molar-refractivity contribution in [2.24, 2.45) is 5.92 Å². The van der Waals surface area contributed by atoms with E-state index in [4.69, 9.17) is 4.74 Å². The number of carbonyl (C=O) groups is 2. The van der Waals surface area contributed by atoms with Gasteiger partial charge in [0.05, 0.1) is 6.61 Å². The number of hydrogen-bond acceptors (Lipinski definition) is 6. The van der Waals surface area contributed by atoms with Crippen LogP contribution < -0.4 is 5.32 Å². The topological polar surface area (TPSA) is 109 Å². The number of amides is 1. The Balaban J connectivity index is 2.06. The highest BCUT2D eigenvalue weighted by molar-refractivity contribution is 6.06. The third-order valence-corrected chi connectivity index (χ3v) is 3.93. The molecule has 0 radical (unpaired) electrons. The van der Waals surface area contributed by atoms with Crippen molar-refractivity contribution in [1.82, 2.24) is 14.4 Å². The van der Waals surface area contributed by atoms with E-state index in [1.54, 1.807) is 41.7 Å². The van der Waals surface area contributed by atoms with E-state index in [1.165, 1.54) is 6.20 Å². The van der Waals surface area contributed by atoms with E-state index in [2.05, 4.69) is 15.3 Å². The molecule has 0 aliphatic heterocycles. The van der Waals surface area contributed by atoms with Gasteiger partial charge in [-0.3, -0.25) is 9.20 Å². The van der Waals surface area contributed by atoms with E-state index < -0.39 is 11.9 Å². The molecule has 2 heterocycles. The number of nitrogens with zero attached hydrogens (tertiary/aromatic N) is 4. The maximum atomic E-state index is 12.6. The molecule has 8 heteroatoms. The average molecular weight is 377 g/mol. The zero-order valence-corrected chi connectivity index (χ0v) is 15.8. The molecule has 0 spiro atoms. The Morgan fingerprint density at radius 3 is 2.61 bits per heavy atom. The Morgan fingerprint density at radius 1 is 1.25 bits per heavy atom. The molecule has 8 nitrogen and oxygen atoms in total. The fraction of sp³-hybridized carbons (Fsp3) is 0.250. The van der Waals surface area contributed by atoms with Gasteiger partial charge in [-0.15, -0.1) is 0 Å². The molecule has 0 bridgehead atoms. The summed E-state index contributed by atoms with van der Waals surface area (Å²) in [5, 5.41) is 12.1. The van der Waals surface area contributed by atoms with E-state index in [1.807, 2.05) is 19.9 Å². The average Bonchev–Trinajstić information content (AvgIpc) is 3.02. The van der Waals surface area contributed by atoms with Gasteiger partial charge in [-0.2, -0.15) is 5.26 Å². The van der Waals surface area contributed by atoms with Crippen LogP contribution in [0.1, 0.15) is 46.2 Å². The fourth-order valence-corrected chi connectivity index (χ4v) is 2.60. The molecule has 1 aromatic carbocycles. The summed E-state index contributed by atoms with van der Waals surface area (Å²) in [4.78, 5) is 33.4. The highest BCUT2D eigenvalue weighted by Crippen LogP contribution is 2.22. The van der Waals surface area contributed by atoms with Crippen molar-refractivity contribution in [1.29, 1.82) is 5.26 Å². The molecule has 0 aliphatic carbocycles. The minimum Gasteiger partial charge on any atom is -0.461 e. The second-order valence-corrected chi connectivity index (χ2v) is 6.63. The highest BCUT2D eigenvalue weighted by atomic mass is 16.5. The molecular formula is C20H19N5O3. The Hall–Kier alpha value is -3.73. The van der Waals surface area contributed by atoms with Crippen molar-refractivity contribution >= 4 is 23.2 Å². The monoisotopic (exact) mass is 377 g/mol. The molecular weight excluding hydrogens is 358 g/mol. The van der Waals surface area contributed by atoms with Crippen LogP contribution in [0, 0.1) is 24.2 Å². The van der Waals surface area contributed by atoms with Crippen LogP contribution >= 0.6 is 0 Å². The summed E-state index contributed by atoms with van der Waals surface area (Å²) in [5.41, 5.74) is 0.867. The fourth-order valence-electron chi connectivity index (χ4n) is 2.60. The number of nitriles is 1. The normalized spacial score (nSPS) is 10.7. The van der Waals surface area contributed by atoms with Gasteiger partial charge in [0.1, 0.15) is 17.4 Å². The van der Waals surface area contributed by atoms with Gasteiger partial charge in [0.25, 0.3) is 5.91 Å². The van der Waals surface area contributed by atoms with Gasteiger partial charge in [0, 0.05) is 11.8 Å². The van der Waals surface area contributed by atoms with Crippen LogP contribution in [0.4, 0.5) is 5.82 Å². The standard InChI is InChI=1S/C20H19N5O3/c1-12(2)11-28-20(27)16-10-25-13(3)22-15(9-21)17(25)18(23-16)24-19(26)14-7-5-4-6-8-14/h4-8,10,12H,11H2,1-3H3,(H,23,24,26). The number of nitrogens with one attached hydrogen (secondary N) is 1. The van der Waals surface area contributed by atoms with Gasteiger partial charge in [-0.05, 0) is 25.0 Å². The Morgan fingerprint density at radius 2 is 1.96 bits per heavy atom. The summed E-state index contributed by atoms with van der Waals surface area (Å²) in [6, 6.07) is 10.6. The van der Waals surface area contributed by atoms with E-state index in [-0.39, 0.29) is 29.7 Å². The van der Waals surface area contributed by atoms with Crippen LogP contribution in [0.15, 0.2) is 36.5 Å². The molecule has 0 atom stereocenters. The van der Waals surface area contributed by atoms with Crippen molar-refractivity contribution in [2.75, 3.05) is 11.9 Å². The molecule has 3 rings (SSSR count). The van der Waals surface area contributed by atoms with Crippen LogP contribution in [-0.4, -0.2) is 32.9 Å². The minimum atomic E-state index is -0.614. The summed E-state index contributed by atoms with van der Waals surface area (Å²) in [5.74, 6) is -0.292. The molecule has 142 valence electrons. The maximum Gasteiger partial charge on any atom is 0.358 e. The number of esters is 1. The molecule has 0 fully saturated rings. The first kappa shape index (κ1) is 19.0. The van der Waals surface area contributed by atoms with Crippen LogP contribution in [0.5, 0.6) is 0 Å². The zero-order chi connectivity index (χ0) is 20.3. The quantitative estimate of drug-likeness (QED) is 0.685. The first-order chi connectivity index (χ1) is 13.4. The number of aryl methyl sites for hydroxylation is 1. The first-order valence-electron chi connectivity index (χ1n) is 8.74. The van der Waals surface area contributed by atoms with Crippen molar-refractivity contribution in [3.05, 3.63) is 59.3 Å². The number of imidazole rings is 1. The molecule has 1 amide bonds. The summed E-state index contributed by atoms with van der Waals surface area (Å²) in [6.07, 6.45) is 1.46. The van der Waals surface area contributed by atoms with E-state index in [0.717, 1.165) is 0 Å². The van der Waals surface area contributed by atoms with Crippen LogP contribution in [0.25, 0.3) is 5.52 Å². The number of rotatable bonds is 5. The molecule has 0 saturated carbocycles. The summed E-state index contributed by atoms with van der Waals surface area (Å²) >= 11 is 0. The van der Waals surface area contributed by atoms with E-state index >= 15 is 0 Å². The molecule has 1 N–H and O–H groups in total. The second kappa shape index (κ2) is 7.88. The lowest BCUT2D eigenvalue weighted by atomic mass is 10.2. The third kappa shape index (κ3) is 3.83. The molecule has 0 aliphatic rings. The van der Waals surface area contributed by atoms with Crippen molar-refractivity contribution in [3.63, 3.8) is 0 Å². The lowest BCUT2D eigenvalue weighted by Gasteiger charge is -2.11. The van der Waals surface area contributed by atoms with Gasteiger partial charge < -0.3 is 10.1 Å². The van der Waals surface area contributed by atoms with Gasteiger partial charge in [-0.25, -0.2) is 14.8 Å². The number of fused-ring (bicyclic) bond motifs is 1. The molecule has 0 saturated heterocycles. The number of benzene rings is 1. The van der Waals surface area contributed by atoms with Crippen molar-refractivity contribution in [3.8, 4) is 6.07 Å². The van der Waals surface area contributed by atoms with Gasteiger partial charge in [0.2, 0.25) is 0 Å². The number of aromatic nitrogens is 3. The van der Waals surface area contributed by atoms with Crippen molar-refractivity contribution < 1.29 is 14.3 Å². The number of ether oxygens (including phenoxy) is 1. The number of anilines is 1. The zero-order valence-electron chi connectivity index (χ0n) is 15.8. The number of carbonyl (C=O) groups excluding carboxylic acids is 2. The van der Waals surface area contributed by atoms with E-state index in [0.29, 0.717) is 16.9 Å². The Bertz CT molecular complexity index is 1080. The maximum absolute atomic E-state index is 12.6. The van der Waals surface area contributed by atoms with Crippen LogP contribution in [-0.2, 0) is 4.74 Å². The first-order valence-corrected chi connectivity index (χ1v) is 8.74. The predicted molar refractivity (Wildman–Crippen MR) is 102 cm³/mol. The van der Waals surface area contributed by atoms with Gasteiger partial charge >= 0.3 is 5.97 Å². The Kier molecular flexibility index (Phi) is 5.36. The second-order valence-electron chi connectivity index (χ2n) is 6.63. The highest BCUT2D eigenvalue weighted by Gasteiger charge is 2.21. The van der Waals surface area contributed by atoms with Crippen LogP contribution in [0.3, 0.4) is 0 Å². The predicted octanol–water partition coefficient (Wildman–Crippen LogP) is 2.97. The van der Waals surface area contributed by atoms with Crippen molar-refractivity contribution in [2.45, 2.75) is 20.8 Å². The summed E-state index contributed by atoms with van der Waals surface area (Å²) < 4.78 is 6.80. The van der Waals surface area contributed by atoms with Gasteiger partial charge in [0.15, 0.2) is 17.2 Å². The Labute approximate surface area is 161 Å². The van der Waals surface area contributed by atoms with Gasteiger partial charge in [-0.1, -0.05) is 32.0 Å². The minimum absolute atomic E-state index is 0.0153. The largest absolute Gasteiger partial charge is 0.461 e. The van der Waals surface area contributed by atoms with E-state index in [9.17, 15) is 14.9 Å². The third-order valence-electron chi connectivity index (χ3n) is 3.93. The molecule has 28 heavy (non-hydrogen) atoms. The summed E-state index contributed by atoms with van der Waals surface area (Å²) in [6.45, 7) is 5.79. The molecule has 3 aromatic rings. The number of hydrogen-bond donors (Lipinski definition) is 1. The summed E-state index contributed by atoms with van der Waals surface area (Å²) in [7, 11) is 0. The van der Waals surface area contributed by atoms with Crippen LogP contribution in [0.2, 0.25) is 0 Å². The molecule has 2 aromatic heterocycles. The lowest BCUT2D eigenvalue weighted by Crippen LogP contribution is -2.17. The lowest BCUT2D eigenvalue weighted by molar-refractivity contribution is 0.0451.